The predicted molar refractivity (Wildman–Crippen MR) is 112 cm³/mol. The first-order valence-electron chi connectivity index (χ1n) is 10.1. The van der Waals surface area contributed by atoms with Crippen LogP contribution in [0.25, 0.3) is 0 Å². The number of benzene rings is 1. The van der Waals surface area contributed by atoms with Crippen molar-refractivity contribution in [2.24, 2.45) is 0 Å². The summed E-state index contributed by atoms with van der Waals surface area (Å²) >= 11 is 1.32. The van der Waals surface area contributed by atoms with Crippen LogP contribution in [0.3, 0.4) is 0 Å². The number of carbonyl (C=O) groups is 2. The van der Waals surface area contributed by atoms with Crippen molar-refractivity contribution in [2.45, 2.75) is 49.7 Å². The molecule has 1 aliphatic rings. The third kappa shape index (κ3) is 6.04. The molecule has 1 saturated heterocycles. The molecule has 3 N–H and O–H groups in total. The maximum Gasteiger partial charge on any atom is 0.321 e. The Hall–Kier alpha value is -2.39. The Morgan fingerprint density at radius 3 is 2.59 bits per heavy atom. The Morgan fingerprint density at radius 1 is 1.17 bits per heavy atom. The van der Waals surface area contributed by atoms with E-state index in [1.807, 2.05) is 18.2 Å². The highest BCUT2D eigenvalue weighted by Crippen LogP contribution is 2.23. The number of rotatable bonds is 7. The van der Waals surface area contributed by atoms with Crippen LogP contribution in [0, 0.1) is 0 Å². The monoisotopic (exact) mass is 417 g/mol. The van der Waals surface area contributed by atoms with Gasteiger partial charge >= 0.3 is 6.03 Å². The molecule has 2 heterocycles. The molecule has 0 aliphatic carbocycles. The molecule has 1 aromatic heterocycles. The van der Waals surface area contributed by atoms with Gasteiger partial charge in [-0.15, -0.1) is 10.2 Å². The molecular weight excluding hydrogens is 388 g/mol. The molecular formula is C20H29N6O2S+. The number of aromatic nitrogens is 3. The fourth-order valence-corrected chi connectivity index (χ4v) is 4.27. The minimum atomic E-state index is -0.511. The van der Waals surface area contributed by atoms with E-state index in [1.165, 1.54) is 43.0 Å². The van der Waals surface area contributed by atoms with Crippen molar-refractivity contribution in [3.63, 3.8) is 0 Å². The van der Waals surface area contributed by atoms with Crippen molar-refractivity contribution in [1.82, 2.24) is 25.4 Å². The topological polar surface area (TPSA) is 93.3 Å². The van der Waals surface area contributed by atoms with Gasteiger partial charge in [0, 0.05) is 7.05 Å². The largest absolute Gasteiger partial charge is 0.341 e. The van der Waals surface area contributed by atoms with Crippen molar-refractivity contribution >= 4 is 23.7 Å². The first-order chi connectivity index (χ1) is 14.1. The molecule has 0 saturated carbocycles. The fourth-order valence-electron chi connectivity index (χ4n) is 3.40. The number of nitrogens with one attached hydrogen (secondary N) is 3. The molecule has 3 rings (SSSR count). The summed E-state index contributed by atoms with van der Waals surface area (Å²) < 4.78 is 2.10. The van der Waals surface area contributed by atoms with Crippen molar-refractivity contribution in [3.05, 3.63) is 41.7 Å². The lowest BCUT2D eigenvalue weighted by molar-refractivity contribution is -0.919. The summed E-state index contributed by atoms with van der Waals surface area (Å²) in [7, 11) is 1.48. The van der Waals surface area contributed by atoms with E-state index in [0.29, 0.717) is 11.7 Å². The Morgan fingerprint density at radius 2 is 1.90 bits per heavy atom. The van der Waals surface area contributed by atoms with E-state index in [9.17, 15) is 9.59 Å². The summed E-state index contributed by atoms with van der Waals surface area (Å²) in [4.78, 5) is 25.2. The van der Waals surface area contributed by atoms with Crippen molar-refractivity contribution in [3.8, 4) is 0 Å². The molecule has 9 heteroatoms. The second-order valence-corrected chi connectivity index (χ2v) is 8.59. The Balaban J connectivity index is 1.77. The number of imide groups is 1. The maximum absolute atomic E-state index is 12.3. The third-order valence-electron chi connectivity index (χ3n) is 5.06. The van der Waals surface area contributed by atoms with E-state index in [2.05, 4.69) is 37.5 Å². The minimum absolute atomic E-state index is 0.355. The Bertz CT molecular complexity index is 820. The molecule has 29 heavy (non-hydrogen) atoms. The SMILES string of the molecule is CNC(=O)NC(=O)[C@H](C)Sc1nnc(C[NH+]2CCCCC2)n1Cc1ccccc1. The lowest BCUT2D eigenvalue weighted by atomic mass is 10.1. The van der Waals surface area contributed by atoms with E-state index < -0.39 is 11.3 Å². The van der Waals surface area contributed by atoms with Crippen molar-refractivity contribution < 1.29 is 14.5 Å². The smallest absolute Gasteiger partial charge is 0.321 e. The molecule has 1 atom stereocenters. The van der Waals surface area contributed by atoms with Gasteiger partial charge in [-0.2, -0.15) is 0 Å². The lowest BCUT2D eigenvalue weighted by Crippen LogP contribution is -3.11. The average molecular weight is 418 g/mol. The lowest BCUT2D eigenvalue weighted by Gasteiger charge is -2.23. The minimum Gasteiger partial charge on any atom is -0.341 e. The Kier molecular flexibility index (Phi) is 7.65. The number of amides is 3. The van der Waals surface area contributed by atoms with E-state index in [4.69, 9.17) is 0 Å². The van der Waals surface area contributed by atoms with E-state index in [-0.39, 0.29) is 5.91 Å². The number of quaternary nitrogens is 1. The van der Waals surface area contributed by atoms with E-state index >= 15 is 0 Å². The van der Waals surface area contributed by atoms with Gasteiger partial charge in [0.25, 0.3) is 0 Å². The van der Waals surface area contributed by atoms with Crippen LogP contribution >= 0.6 is 11.8 Å². The van der Waals surface area contributed by atoms with Gasteiger partial charge in [-0.05, 0) is 31.7 Å². The van der Waals surface area contributed by atoms with Crippen LogP contribution in [-0.4, -0.2) is 52.1 Å². The highest BCUT2D eigenvalue weighted by Gasteiger charge is 2.24. The summed E-state index contributed by atoms with van der Waals surface area (Å²) in [6, 6.07) is 9.67. The highest BCUT2D eigenvalue weighted by atomic mass is 32.2. The number of hydrogen-bond donors (Lipinski definition) is 3. The summed E-state index contributed by atoms with van der Waals surface area (Å²) in [6.07, 6.45) is 3.81. The summed E-state index contributed by atoms with van der Waals surface area (Å²) in [5.41, 5.74) is 1.16. The number of urea groups is 1. The van der Waals surface area contributed by atoms with Crippen LogP contribution in [0.15, 0.2) is 35.5 Å². The Labute approximate surface area is 175 Å². The molecule has 1 aliphatic heterocycles. The maximum atomic E-state index is 12.3. The number of piperidine rings is 1. The molecule has 156 valence electrons. The number of carbonyl (C=O) groups excluding carboxylic acids is 2. The van der Waals surface area contributed by atoms with E-state index in [0.717, 1.165) is 31.0 Å². The second kappa shape index (κ2) is 10.4. The highest BCUT2D eigenvalue weighted by molar-refractivity contribution is 8.00. The van der Waals surface area contributed by atoms with Crippen LogP contribution < -0.4 is 15.5 Å². The standard InChI is InChI=1S/C20H28N6O2S/c1-15(18(27)22-19(28)21-2)29-20-24-23-17(14-25-11-7-4-8-12-25)26(20)13-16-9-5-3-6-10-16/h3,5-6,9-10,15H,4,7-8,11-14H2,1-2H3,(H2,21,22,27,28)/p+1/t15-/m0/s1. The molecule has 3 amide bonds. The van der Waals surface area contributed by atoms with E-state index in [1.54, 1.807) is 6.92 Å². The van der Waals surface area contributed by atoms with Crippen LogP contribution in [0.2, 0.25) is 0 Å². The quantitative estimate of drug-likeness (QED) is 0.581. The molecule has 0 spiro atoms. The van der Waals surface area contributed by atoms with Gasteiger partial charge in [-0.3, -0.25) is 14.7 Å². The van der Waals surface area contributed by atoms with Gasteiger partial charge in [0.2, 0.25) is 5.91 Å². The number of thioether (sulfide) groups is 1. The normalized spacial score (nSPS) is 15.7. The first kappa shape index (κ1) is 21.3. The molecule has 2 aromatic rings. The van der Waals surface area contributed by atoms with Crippen molar-refractivity contribution in [1.29, 1.82) is 0 Å². The summed E-state index contributed by atoms with van der Waals surface area (Å²) in [5, 5.41) is 13.8. The van der Waals surface area contributed by atoms with Gasteiger partial charge in [0.05, 0.1) is 24.9 Å². The molecule has 0 bridgehead atoms. The third-order valence-corrected chi connectivity index (χ3v) is 6.14. The number of likely N-dealkylation sites (tertiary alicyclic amines) is 1. The van der Waals surface area contributed by atoms with Crippen LogP contribution in [0.5, 0.6) is 0 Å². The zero-order valence-corrected chi connectivity index (χ0v) is 17.8. The average Bonchev–Trinajstić information content (AvgIpc) is 3.10. The number of nitrogens with zero attached hydrogens (tertiary/aromatic N) is 3. The molecule has 1 fully saturated rings. The molecule has 8 nitrogen and oxygen atoms in total. The summed E-state index contributed by atoms with van der Waals surface area (Å²) in [6.45, 7) is 5.57. The predicted octanol–water partition coefficient (Wildman–Crippen LogP) is 0.831. The van der Waals surface area contributed by atoms with Gasteiger partial charge < -0.3 is 10.2 Å². The molecule has 0 radical (unpaired) electrons. The number of hydrogen-bond acceptors (Lipinski definition) is 5. The summed E-state index contributed by atoms with van der Waals surface area (Å²) in [5.74, 6) is 0.582. The van der Waals surface area contributed by atoms with Gasteiger partial charge in [0.15, 0.2) is 11.0 Å². The van der Waals surface area contributed by atoms with Gasteiger partial charge in [-0.25, -0.2) is 4.79 Å². The first-order valence-corrected chi connectivity index (χ1v) is 10.9. The second-order valence-electron chi connectivity index (χ2n) is 7.29. The van der Waals surface area contributed by atoms with Crippen LogP contribution in [-0.2, 0) is 17.9 Å². The van der Waals surface area contributed by atoms with Crippen LogP contribution in [0.1, 0.15) is 37.6 Å². The van der Waals surface area contributed by atoms with Crippen LogP contribution in [0.4, 0.5) is 4.79 Å². The van der Waals surface area contributed by atoms with Gasteiger partial charge in [0.1, 0.15) is 6.54 Å². The van der Waals surface area contributed by atoms with Crippen molar-refractivity contribution in [2.75, 3.05) is 20.1 Å². The molecule has 1 aromatic carbocycles. The zero-order valence-electron chi connectivity index (χ0n) is 17.0. The fraction of sp³-hybridized carbons (Fsp3) is 0.500. The zero-order chi connectivity index (χ0) is 20.6. The molecule has 0 unspecified atom stereocenters. The van der Waals surface area contributed by atoms with Gasteiger partial charge in [-0.1, -0.05) is 42.1 Å².